The number of nitriles is 1. The van der Waals surface area contributed by atoms with E-state index in [1.165, 1.54) is 15.9 Å². The van der Waals surface area contributed by atoms with Gasteiger partial charge in [-0.1, -0.05) is 37.3 Å². The lowest BCUT2D eigenvalue weighted by Gasteiger charge is -2.20. The van der Waals surface area contributed by atoms with Gasteiger partial charge in [0.2, 0.25) is 10.1 Å². The molecule has 2 heterocycles. The molecule has 0 aliphatic heterocycles. The molecule has 0 fully saturated rings. The van der Waals surface area contributed by atoms with Crippen molar-refractivity contribution >= 4 is 21.4 Å². The summed E-state index contributed by atoms with van der Waals surface area (Å²) in [4.78, 5) is 19.5. The summed E-state index contributed by atoms with van der Waals surface area (Å²) in [6.45, 7) is 5.59. The Morgan fingerprint density at radius 2 is 2.04 bits per heavy atom. The van der Waals surface area contributed by atoms with Crippen molar-refractivity contribution in [3.63, 3.8) is 0 Å². The fourth-order valence-corrected chi connectivity index (χ4v) is 3.52. The maximum absolute atomic E-state index is 12.2. The Morgan fingerprint density at radius 3 is 2.68 bits per heavy atom. The van der Waals surface area contributed by atoms with E-state index in [0.29, 0.717) is 17.1 Å². The molecule has 0 atom stereocenters. The van der Waals surface area contributed by atoms with Gasteiger partial charge >= 0.3 is 0 Å². The number of rotatable bonds is 6. The molecule has 3 aromatic rings. The molecule has 0 amide bonds. The highest BCUT2D eigenvalue weighted by Gasteiger charge is 2.15. The van der Waals surface area contributed by atoms with Crippen LogP contribution in [0.5, 0.6) is 0 Å². The van der Waals surface area contributed by atoms with E-state index in [1.807, 2.05) is 31.2 Å². The lowest BCUT2D eigenvalue weighted by Crippen LogP contribution is -2.24. The molecule has 0 saturated carbocycles. The second-order valence-electron chi connectivity index (χ2n) is 5.75. The largest absolute Gasteiger partial charge is 0.342 e. The molecule has 0 unspecified atom stereocenters. The zero-order chi connectivity index (χ0) is 17.8. The van der Waals surface area contributed by atoms with Crippen LogP contribution >= 0.6 is 11.3 Å². The van der Waals surface area contributed by atoms with Crippen LogP contribution in [0, 0.1) is 11.3 Å². The average Bonchev–Trinajstić information content (AvgIpc) is 3.06. The van der Waals surface area contributed by atoms with Gasteiger partial charge in [0.25, 0.3) is 5.56 Å². The van der Waals surface area contributed by atoms with E-state index >= 15 is 0 Å². The SMILES string of the molecule is CCCN(Cc1ccc(C#N)cc1)c1nn2c(=O)cc(CC)nc2s1. The molecule has 2 aromatic heterocycles. The molecule has 0 spiro atoms. The van der Waals surface area contributed by atoms with Gasteiger partial charge in [0.05, 0.1) is 11.6 Å². The predicted octanol–water partition coefficient (Wildman–Crippen LogP) is 3.00. The van der Waals surface area contributed by atoms with Crippen LogP contribution in [0.4, 0.5) is 5.13 Å². The Bertz CT molecular complexity index is 968. The van der Waals surface area contributed by atoms with E-state index in [1.54, 1.807) is 6.07 Å². The van der Waals surface area contributed by atoms with Crippen molar-refractivity contribution in [2.24, 2.45) is 0 Å². The van der Waals surface area contributed by atoms with Crippen LogP contribution in [0.3, 0.4) is 0 Å². The first-order valence-corrected chi connectivity index (χ1v) is 9.10. The first-order chi connectivity index (χ1) is 12.1. The van der Waals surface area contributed by atoms with E-state index in [-0.39, 0.29) is 5.56 Å². The Balaban J connectivity index is 1.94. The number of hydrogen-bond acceptors (Lipinski definition) is 6. The number of anilines is 1. The fourth-order valence-electron chi connectivity index (χ4n) is 2.57. The summed E-state index contributed by atoms with van der Waals surface area (Å²) in [5, 5.41) is 14.2. The Kier molecular flexibility index (Phi) is 5.10. The summed E-state index contributed by atoms with van der Waals surface area (Å²) in [6.07, 6.45) is 1.69. The Morgan fingerprint density at radius 1 is 1.28 bits per heavy atom. The van der Waals surface area contributed by atoms with E-state index in [2.05, 4.69) is 28.0 Å². The molecule has 1 aromatic carbocycles. The van der Waals surface area contributed by atoms with Gasteiger partial charge in [-0.15, -0.1) is 5.10 Å². The summed E-state index contributed by atoms with van der Waals surface area (Å²) >= 11 is 1.43. The molecule has 7 heteroatoms. The summed E-state index contributed by atoms with van der Waals surface area (Å²) < 4.78 is 1.38. The highest BCUT2D eigenvalue weighted by atomic mass is 32.1. The molecule has 0 radical (unpaired) electrons. The normalized spacial score (nSPS) is 10.8. The molecule has 6 nitrogen and oxygen atoms in total. The van der Waals surface area contributed by atoms with Crippen LogP contribution in [-0.4, -0.2) is 21.1 Å². The monoisotopic (exact) mass is 353 g/mol. The molecular formula is C18H19N5OS. The fraction of sp³-hybridized carbons (Fsp3) is 0.333. The molecule has 0 saturated heterocycles. The molecular weight excluding hydrogens is 334 g/mol. The number of aryl methyl sites for hydroxylation is 1. The van der Waals surface area contributed by atoms with Crippen molar-refractivity contribution in [2.75, 3.05) is 11.4 Å². The second-order valence-corrected chi connectivity index (χ2v) is 6.68. The van der Waals surface area contributed by atoms with Gasteiger partial charge in [-0.2, -0.15) is 9.78 Å². The van der Waals surface area contributed by atoms with Crippen LogP contribution in [0.15, 0.2) is 35.1 Å². The number of hydrogen-bond donors (Lipinski definition) is 0. The summed E-state index contributed by atoms with van der Waals surface area (Å²) in [7, 11) is 0. The first-order valence-electron chi connectivity index (χ1n) is 8.28. The van der Waals surface area contributed by atoms with Crippen molar-refractivity contribution in [3.05, 3.63) is 57.5 Å². The lowest BCUT2D eigenvalue weighted by molar-refractivity contribution is 0.746. The quantitative estimate of drug-likeness (QED) is 0.681. The Labute approximate surface area is 150 Å². The second kappa shape index (κ2) is 7.45. The van der Waals surface area contributed by atoms with Gasteiger partial charge in [-0.25, -0.2) is 4.98 Å². The topological polar surface area (TPSA) is 74.3 Å². The maximum atomic E-state index is 12.2. The van der Waals surface area contributed by atoms with Crippen molar-refractivity contribution in [3.8, 4) is 6.07 Å². The van der Waals surface area contributed by atoms with Gasteiger partial charge in [0.1, 0.15) is 0 Å². The molecule has 128 valence electrons. The first kappa shape index (κ1) is 17.1. The van der Waals surface area contributed by atoms with Crippen molar-refractivity contribution in [2.45, 2.75) is 33.2 Å². The number of fused-ring (bicyclic) bond motifs is 1. The van der Waals surface area contributed by atoms with Crippen molar-refractivity contribution in [1.29, 1.82) is 5.26 Å². The highest BCUT2D eigenvalue weighted by Crippen LogP contribution is 2.23. The van der Waals surface area contributed by atoms with Gasteiger partial charge in [-0.05, 0) is 30.5 Å². The standard InChI is InChI=1S/C18H19N5OS/c1-3-9-22(12-14-7-5-13(11-19)6-8-14)18-21-23-16(24)10-15(4-2)20-17(23)25-18/h5-8,10H,3-4,9,12H2,1-2H3. The molecule has 3 rings (SSSR count). The van der Waals surface area contributed by atoms with Crippen LogP contribution in [0.1, 0.15) is 37.1 Å². The number of aromatic nitrogens is 3. The summed E-state index contributed by atoms with van der Waals surface area (Å²) in [5.74, 6) is 0. The van der Waals surface area contributed by atoms with E-state index in [9.17, 15) is 4.79 Å². The summed E-state index contributed by atoms with van der Waals surface area (Å²) in [5.41, 5.74) is 2.39. The van der Waals surface area contributed by atoms with Gasteiger partial charge in [0, 0.05) is 24.8 Å². The van der Waals surface area contributed by atoms with Crippen molar-refractivity contribution < 1.29 is 0 Å². The lowest BCUT2D eigenvalue weighted by atomic mass is 10.1. The minimum atomic E-state index is -0.140. The van der Waals surface area contributed by atoms with E-state index < -0.39 is 0 Å². The molecule has 0 N–H and O–H groups in total. The predicted molar refractivity (Wildman–Crippen MR) is 99.0 cm³/mol. The van der Waals surface area contributed by atoms with E-state index in [4.69, 9.17) is 5.26 Å². The highest BCUT2D eigenvalue weighted by molar-refractivity contribution is 7.20. The van der Waals surface area contributed by atoms with E-state index in [0.717, 1.165) is 35.8 Å². The van der Waals surface area contributed by atoms with Crippen LogP contribution in [-0.2, 0) is 13.0 Å². The molecule has 0 bridgehead atoms. The van der Waals surface area contributed by atoms with Crippen LogP contribution in [0.25, 0.3) is 4.96 Å². The average molecular weight is 353 g/mol. The molecule has 0 aliphatic rings. The van der Waals surface area contributed by atoms with Gasteiger partial charge in [-0.3, -0.25) is 4.79 Å². The minimum absolute atomic E-state index is 0.140. The zero-order valence-corrected chi connectivity index (χ0v) is 15.1. The van der Waals surface area contributed by atoms with Gasteiger partial charge in [0.15, 0.2) is 0 Å². The Hall–Kier alpha value is -2.72. The minimum Gasteiger partial charge on any atom is -0.342 e. The zero-order valence-electron chi connectivity index (χ0n) is 14.3. The third kappa shape index (κ3) is 3.69. The molecule has 0 aliphatic carbocycles. The van der Waals surface area contributed by atoms with Crippen LogP contribution < -0.4 is 10.5 Å². The number of nitrogens with zero attached hydrogens (tertiary/aromatic N) is 5. The third-order valence-corrected chi connectivity index (χ3v) is 4.84. The van der Waals surface area contributed by atoms with Crippen LogP contribution in [0.2, 0.25) is 0 Å². The number of benzene rings is 1. The molecule has 25 heavy (non-hydrogen) atoms. The third-order valence-electron chi connectivity index (χ3n) is 3.87. The smallest absolute Gasteiger partial charge is 0.275 e. The maximum Gasteiger partial charge on any atom is 0.275 e. The van der Waals surface area contributed by atoms with Gasteiger partial charge < -0.3 is 4.90 Å². The summed E-state index contributed by atoms with van der Waals surface area (Å²) in [6, 6.07) is 11.2. The van der Waals surface area contributed by atoms with Crippen molar-refractivity contribution in [1.82, 2.24) is 14.6 Å².